The molecule has 0 aliphatic heterocycles. The molecule has 0 spiro atoms. The fraction of sp³-hybridized carbons (Fsp3) is 0.500. The van der Waals surface area contributed by atoms with E-state index in [1.54, 1.807) is 43.4 Å². The summed E-state index contributed by atoms with van der Waals surface area (Å²) in [5.41, 5.74) is 9.55. The molecule has 0 saturated carbocycles. The van der Waals surface area contributed by atoms with E-state index in [1.165, 1.54) is 94.3 Å². The van der Waals surface area contributed by atoms with Crippen molar-refractivity contribution < 1.29 is 25.6 Å². The molecule has 2 aliphatic carbocycles. The van der Waals surface area contributed by atoms with E-state index in [-0.39, 0.29) is 27.3 Å². The Morgan fingerprint density at radius 3 is 1.58 bits per heavy atom. The first-order valence-electron chi connectivity index (χ1n) is 23.5. The van der Waals surface area contributed by atoms with Crippen molar-refractivity contribution in [2.75, 3.05) is 6.61 Å². The summed E-state index contributed by atoms with van der Waals surface area (Å²) in [6.45, 7) is 30.3. The monoisotopic (exact) mass is 961 g/mol. The van der Waals surface area contributed by atoms with E-state index < -0.39 is 28.9 Å². The van der Waals surface area contributed by atoms with E-state index in [1.807, 2.05) is 0 Å². The van der Waals surface area contributed by atoms with Gasteiger partial charge >= 0.3 is 37.9 Å². The van der Waals surface area contributed by atoms with Crippen LogP contribution in [0, 0.1) is 0 Å². The van der Waals surface area contributed by atoms with Gasteiger partial charge in [-0.2, -0.15) is 0 Å². The Labute approximate surface area is 392 Å². The summed E-state index contributed by atoms with van der Waals surface area (Å²) in [4.78, 5) is 0. The van der Waals surface area contributed by atoms with Crippen molar-refractivity contribution in [3.8, 4) is 0 Å². The number of fused-ring (bicyclic) bond motifs is 10. The molecule has 6 heteroatoms. The van der Waals surface area contributed by atoms with Crippen molar-refractivity contribution in [2.24, 2.45) is 7.05 Å². The maximum atomic E-state index is 6.19. The molecule has 0 amide bonds. The molecule has 2 aliphatic rings. The molecule has 1 heterocycles. The topological polar surface area (TPSA) is 14.2 Å². The summed E-state index contributed by atoms with van der Waals surface area (Å²) in [6.07, 6.45) is 9.70. The standard InChI is InChI=1S/C56H71NOSi.2ClH.Zr/c1-52(2,3)58-30-20-14-15-21-31-59(13,51-37-23-17-16-22-36(37)49-48(51)38-24-18-19-25-47(38)57(49)12)50-41-34-45-43(53(4,5)26-28-55(45,8)9)32-39(41)40-33-44-46(35-42(40)50)56(10,11)29-27-54(44,6)7;;;/h16-19,22-25,32-35H,14-15,20-21,26-31H2,1-13H3;2*1H;/q-2;;;+4/p-2. The molecule has 0 radical (unpaired) electrons. The van der Waals surface area contributed by atoms with Crippen LogP contribution >= 0.6 is 17.0 Å². The summed E-state index contributed by atoms with van der Waals surface area (Å²) >= 11 is -0.826. The van der Waals surface area contributed by atoms with Crippen LogP contribution in [-0.4, -0.2) is 24.8 Å². The van der Waals surface area contributed by atoms with Crippen LogP contribution in [0.2, 0.25) is 12.6 Å². The van der Waals surface area contributed by atoms with Gasteiger partial charge in [-0.15, -0.1) is 55.5 Å². The molecule has 1 unspecified atom stereocenters. The normalized spacial score (nSPS) is 18.7. The Morgan fingerprint density at radius 2 is 1.06 bits per heavy atom. The molecule has 0 fully saturated rings. The summed E-state index contributed by atoms with van der Waals surface area (Å²) in [5.74, 6) is 0. The van der Waals surface area contributed by atoms with E-state index in [4.69, 9.17) is 21.8 Å². The maximum absolute atomic E-state index is 6.19. The number of hydrogen-bond donors (Lipinski definition) is 0. The third kappa shape index (κ3) is 7.88. The van der Waals surface area contributed by atoms with Crippen LogP contribution in [0.15, 0.2) is 72.8 Å². The Balaban J connectivity index is 0.00000171. The second-order valence-corrected chi connectivity index (χ2v) is 30.9. The van der Waals surface area contributed by atoms with Crippen LogP contribution in [0.25, 0.3) is 54.1 Å². The van der Waals surface area contributed by atoms with Crippen molar-refractivity contribution in [1.82, 2.24) is 4.57 Å². The Morgan fingerprint density at radius 1 is 0.613 bits per heavy atom. The SMILES string of the molecule is Cn1c2ccccc2c2c1c1ccccc1[c-]2[Si](C)(CCCCCCOC(C)(C)C)[c-]1c2cc3c(cc2c2cc4c(cc21)C(C)(C)CCC4(C)C)C(C)(C)CCC3(C)C.[Cl][Zr+2][Cl]. The summed E-state index contributed by atoms with van der Waals surface area (Å²) < 4.78 is 8.69. The van der Waals surface area contributed by atoms with Gasteiger partial charge in [0.15, 0.2) is 0 Å². The molecular formula is C56H71Cl2NOSiZr. The molecule has 6 aromatic carbocycles. The van der Waals surface area contributed by atoms with E-state index in [0.29, 0.717) is 0 Å². The molecule has 62 heavy (non-hydrogen) atoms. The van der Waals surface area contributed by atoms with Gasteiger partial charge in [0, 0.05) is 27.2 Å². The molecular weight excluding hydrogens is 893 g/mol. The van der Waals surface area contributed by atoms with Crippen molar-refractivity contribution in [2.45, 2.75) is 167 Å². The summed E-state index contributed by atoms with van der Waals surface area (Å²) in [7, 11) is 9.62. The van der Waals surface area contributed by atoms with Crippen LogP contribution in [-0.2, 0) is 54.3 Å². The van der Waals surface area contributed by atoms with Gasteiger partial charge in [-0.25, -0.2) is 0 Å². The van der Waals surface area contributed by atoms with Crippen molar-refractivity contribution in [1.29, 1.82) is 0 Å². The van der Waals surface area contributed by atoms with Gasteiger partial charge in [0.25, 0.3) is 0 Å². The first-order valence-corrected chi connectivity index (χ1v) is 32.5. The van der Waals surface area contributed by atoms with Crippen molar-refractivity contribution in [3.05, 3.63) is 95.1 Å². The van der Waals surface area contributed by atoms with E-state index in [0.717, 1.165) is 13.0 Å². The van der Waals surface area contributed by atoms with Crippen LogP contribution < -0.4 is 10.4 Å². The molecule has 328 valence electrons. The second-order valence-electron chi connectivity index (χ2n) is 23.0. The first-order chi connectivity index (χ1) is 29.1. The number of benzene rings is 4. The van der Waals surface area contributed by atoms with Gasteiger partial charge in [-0.1, -0.05) is 174 Å². The molecule has 7 aromatic rings. The predicted octanol–water partition coefficient (Wildman–Crippen LogP) is 15.9. The van der Waals surface area contributed by atoms with Crippen LogP contribution in [0.3, 0.4) is 0 Å². The number of para-hydroxylation sites is 1. The zero-order valence-electron chi connectivity index (χ0n) is 40.1. The van der Waals surface area contributed by atoms with Gasteiger partial charge in [0.1, 0.15) is 0 Å². The van der Waals surface area contributed by atoms with Gasteiger partial charge in [0.05, 0.1) is 5.60 Å². The zero-order valence-corrected chi connectivity index (χ0v) is 45.1. The number of aromatic nitrogens is 1. The van der Waals surface area contributed by atoms with Crippen molar-refractivity contribution in [3.63, 3.8) is 0 Å². The van der Waals surface area contributed by atoms with E-state index in [2.05, 4.69) is 167 Å². The fourth-order valence-electron chi connectivity index (χ4n) is 12.1. The van der Waals surface area contributed by atoms with Crippen LogP contribution in [0.5, 0.6) is 0 Å². The molecule has 1 aromatic heterocycles. The summed E-state index contributed by atoms with van der Waals surface area (Å²) in [6, 6.07) is 30.9. The minimum absolute atomic E-state index is 0.0833. The average molecular weight is 964 g/mol. The summed E-state index contributed by atoms with van der Waals surface area (Å²) in [5, 5.41) is 15.3. The minimum atomic E-state index is -2.56. The Kier molecular flexibility index (Phi) is 12.4. The van der Waals surface area contributed by atoms with Gasteiger partial charge in [0.2, 0.25) is 0 Å². The van der Waals surface area contributed by atoms with Crippen LogP contribution in [0.4, 0.5) is 0 Å². The second kappa shape index (κ2) is 16.6. The third-order valence-corrected chi connectivity index (χ3v) is 20.4. The van der Waals surface area contributed by atoms with E-state index >= 15 is 0 Å². The Bertz CT molecular complexity index is 2710. The number of ether oxygens (including phenoxy) is 1. The van der Waals surface area contributed by atoms with Gasteiger partial charge in [-0.3, -0.25) is 0 Å². The number of nitrogens with zero attached hydrogens (tertiary/aromatic N) is 1. The van der Waals surface area contributed by atoms with Gasteiger partial charge in [-0.05, 0) is 86.1 Å². The number of rotatable bonds is 9. The molecule has 0 N–H and O–H groups in total. The third-order valence-electron chi connectivity index (χ3n) is 15.8. The molecule has 9 rings (SSSR count). The number of unbranched alkanes of at least 4 members (excludes halogenated alkanes) is 3. The predicted molar refractivity (Wildman–Crippen MR) is 273 cm³/mol. The average Bonchev–Trinajstić information content (AvgIpc) is 3.83. The number of halogens is 2. The fourth-order valence-corrected chi connectivity index (χ4v) is 17.0. The Hall–Kier alpha value is -2.20. The first kappa shape index (κ1) is 46.3. The van der Waals surface area contributed by atoms with E-state index in [9.17, 15) is 0 Å². The quantitative estimate of drug-likeness (QED) is 0.0799. The zero-order chi connectivity index (χ0) is 44.8. The number of aryl methyl sites for hydroxylation is 1. The van der Waals surface area contributed by atoms with Gasteiger partial charge < -0.3 is 9.30 Å². The molecule has 2 nitrogen and oxygen atoms in total. The van der Waals surface area contributed by atoms with Crippen molar-refractivity contribution >= 4 is 89.6 Å². The molecule has 0 saturated heterocycles. The molecule has 0 bridgehead atoms. The van der Waals surface area contributed by atoms with Crippen LogP contribution in [0.1, 0.15) is 150 Å². The molecule has 1 atom stereocenters. The number of hydrogen-bond acceptors (Lipinski definition) is 1.